The number of amides is 2. The van der Waals surface area contributed by atoms with E-state index >= 15 is 0 Å². The lowest BCUT2D eigenvalue weighted by Crippen LogP contribution is -2.51. The number of nitrogens with zero attached hydrogens (tertiary/aromatic N) is 1. The van der Waals surface area contributed by atoms with Gasteiger partial charge in [-0.3, -0.25) is 14.4 Å². The van der Waals surface area contributed by atoms with Gasteiger partial charge < -0.3 is 10.1 Å². The van der Waals surface area contributed by atoms with Crippen LogP contribution in [0.3, 0.4) is 0 Å². The maximum atomic E-state index is 12.3. The number of hydroxylamine groups is 2. The Kier molecular flexibility index (Phi) is 7.01. The maximum absolute atomic E-state index is 12.3. The van der Waals surface area contributed by atoms with E-state index in [0.29, 0.717) is 13.0 Å². The smallest absolute Gasteiger partial charge is 0.248 e. The van der Waals surface area contributed by atoms with Crippen molar-refractivity contribution in [2.45, 2.75) is 39.0 Å². The zero-order valence-electron chi connectivity index (χ0n) is 13.5. The van der Waals surface area contributed by atoms with Crippen molar-refractivity contribution >= 4 is 12.3 Å². The second kappa shape index (κ2) is 8.51. The molecule has 0 saturated heterocycles. The highest BCUT2D eigenvalue weighted by atomic mass is 16.7. The highest BCUT2D eigenvalue weighted by Gasteiger charge is 2.29. The predicted molar refractivity (Wildman–Crippen MR) is 82.7 cm³/mol. The lowest BCUT2D eigenvalue weighted by atomic mass is 10.2. The van der Waals surface area contributed by atoms with Gasteiger partial charge in [-0.2, -0.15) is 0 Å². The average Bonchev–Trinajstić information content (AvgIpc) is 2.48. The summed E-state index contributed by atoms with van der Waals surface area (Å²) in [4.78, 5) is 29.1. The molecular weight excluding hydrogens is 284 g/mol. The Morgan fingerprint density at radius 3 is 2.45 bits per heavy atom. The molecule has 0 aliphatic rings. The summed E-state index contributed by atoms with van der Waals surface area (Å²) in [6.45, 7) is 5.83. The van der Waals surface area contributed by atoms with Crippen LogP contribution < -0.4 is 5.32 Å². The molecule has 0 spiro atoms. The molecule has 6 heteroatoms. The largest absolute Gasteiger partial charge is 0.382 e. The molecule has 22 heavy (non-hydrogen) atoms. The minimum Gasteiger partial charge on any atom is -0.382 e. The molecule has 0 radical (unpaired) electrons. The zero-order valence-corrected chi connectivity index (χ0v) is 13.5. The Labute approximate surface area is 131 Å². The van der Waals surface area contributed by atoms with Crippen LogP contribution in [0.4, 0.5) is 0 Å². The van der Waals surface area contributed by atoms with Gasteiger partial charge in [-0.1, -0.05) is 30.3 Å². The number of rotatable bonds is 8. The summed E-state index contributed by atoms with van der Waals surface area (Å²) < 4.78 is 5.03. The summed E-state index contributed by atoms with van der Waals surface area (Å²) in [7, 11) is 1.47. The van der Waals surface area contributed by atoms with Gasteiger partial charge >= 0.3 is 0 Å². The van der Waals surface area contributed by atoms with Gasteiger partial charge in [0.25, 0.3) is 0 Å². The standard InChI is InChI=1S/C16H24N2O4/c1-16(2,3)22-18(12-19)14(11-21-4)15(20)17-10-13-8-6-5-7-9-13/h5-9,12,14H,10-11H2,1-4H3,(H,17,20)/t14-/m1/s1. The first-order chi connectivity index (χ1) is 10.4. The third kappa shape index (κ3) is 6.24. The number of carbonyl (C=O) groups excluding carboxylic acids is 2. The first-order valence-corrected chi connectivity index (χ1v) is 7.10. The molecule has 1 rings (SSSR count). The summed E-state index contributed by atoms with van der Waals surface area (Å²) in [5.41, 5.74) is 0.383. The lowest BCUT2D eigenvalue weighted by Gasteiger charge is -2.31. The van der Waals surface area contributed by atoms with E-state index in [-0.39, 0.29) is 12.5 Å². The van der Waals surface area contributed by atoms with Crippen LogP contribution in [0.1, 0.15) is 26.3 Å². The van der Waals surface area contributed by atoms with Crippen molar-refractivity contribution in [1.29, 1.82) is 0 Å². The van der Waals surface area contributed by atoms with Crippen molar-refractivity contribution in [3.63, 3.8) is 0 Å². The molecule has 1 aromatic carbocycles. The number of hydrogen-bond donors (Lipinski definition) is 1. The minimum absolute atomic E-state index is 0.0510. The number of ether oxygens (including phenoxy) is 1. The van der Waals surface area contributed by atoms with Crippen LogP contribution >= 0.6 is 0 Å². The molecule has 1 atom stereocenters. The Bertz CT molecular complexity index is 471. The van der Waals surface area contributed by atoms with Crippen molar-refractivity contribution in [3.8, 4) is 0 Å². The van der Waals surface area contributed by atoms with Crippen LogP contribution in [0.25, 0.3) is 0 Å². The Morgan fingerprint density at radius 2 is 1.95 bits per heavy atom. The van der Waals surface area contributed by atoms with Crippen LogP contribution in [0, 0.1) is 0 Å². The number of methoxy groups -OCH3 is 1. The van der Waals surface area contributed by atoms with Gasteiger partial charge in [-0.15, -0.1) is 0 Å². The average molecular weight is 308 g/mol. The summed E-state index contributed by atoms with van der Waals surface area (Å²) >= 11 is 0. The van der Waals surface area contributed by atoms with Crippen molar-refractivity contribution in [2.24, 2.45) is 0 Å². The fourth-order valence-corrected chi connectivity index (χ4v) is 1.80. The van der Waals surface area contributed by atoms with E-state index in [1.165, 1.54) is 7.11 Å². The second-order valence-corrected chi connectivity index (χ2v) is 5.84. The Hall–Kier alpha value is -1.92. The normalized spacial score (nSPS) is 12.5. The lowest BCUT2D eigenvalue weighted by molar-refractivity contribution is -0.235. The maximum Gasteiger partial charge on any atom is 0.248 e. The number of carbonyl (C=O) groups is 2. The molecule has 0 unspecified atom stereocenters. The number of hydrogen-bond acceptors (Lipinski definition) is 4. The van der Waals surface area contributed by atoms with Crippen molar-refractivity contribution < 1.29 is 19.2 Å². The molecule has 6 nitrogen and oxygen atoms in total. The Balaban J connectivity index is 2.71. The molecule has 0 aliphatic carbocycles. The molecule has 0 bridgehead atoms. The highest BCUT2D eigenvalue weighted by Crippen LogP contribution is 2.12. The number of nitrogens with one attached hydrogen (secondary N) is 1. The molecular formula is C16H24N2O4. The first-order valence-electron chi connectivity index (χ1n) is 7.10. The van der Waals surface area contributed by atoms with Gasteiger partial charge in [0.1, 0.15) is 0 Å². The third-order valence-electron chi connectivity index (χ3n) is 2.73. The topological polar surface area (TPSA) is 67.9 Å². The van der Waals surface area contributed by atoms with Gasteiger partial charge in [0.15, 0.2) is 6.04 Å². The van der Waals surface area contributed by atoms with Crippen molar-refractivity contribution in [2.75, 3.05) is 13.7 Å². The van der Waals surface area contributed by atoms with Gasteiger partial charge in [0.05, 0.1) is 12.2 Å². The van der Waals surface area contributed by atoms with E-state index < -0.39 is 11.6 Å². The third-order valence-corrected chi connectivity index (χ3v) is 2.73. The Morgan fingerprint density at radius 1 is 1.32 bits per heavy atom. The zero-order chi connectivity index (χ0) is 16.6. The van der Waals surface area contributed by atoms with Crippen molar-refractivity contribution in [1.82, 2.24) is 10.4 Å². The van der Waals surface area contributed by atoms with E-state index in [2.05, 4.69) is 5.32 Å². The van der Waals surface area contributed by atoms with Crippen LogP contribution in [0.15, 0.2) is 30.3 Å². The van der Waals surface area contributed by atoms with E-state index in [1.54, 1.807) is 20.8 Å². The quantitative estimate of drug-likeness (QED) is 0.584. The molecule has 0 aliphatic heterocycles. The fourth-order valence-electron chi connectivity index (χ4n) is 1.80. The SMILES string of the molecule is COC[C@H](C(=O)NCc1ccccc1)N(C=O)OC(C)(C)C. The van der Waals surface area contributed by atoms with Crippen LogP contribution in [0.5, 0.6) is 0 Å². The van der Waals surface area contributed by atoms with Gasteiger partial charge in [0, 0.05) is 13.7 Å². The van der Waals surface area contributed by atoms with Gasteiger partial charge in [0.2, 0.25) is 12.3 Å². The molecule has 2 amide bonds. The molecule has 0 saturated carbocycles. The van der Waals surface area contributed by atoms with E-state index in [0.717, 1.165) is 10.6 Å². The van der Waals surface area contributed by atoms with E-state index in [9.17, 15) is 9.59 Å². The monoisotopic (exact) mass is 308 g/mol. The van der Waals surface area contributed by atoms with E-state index in [1.807, 2.05) is 30.3 Å². The highest BCUT2D eigenvalue weighted by molar-refractivity contribution is 5.83. The summed E-state index contributed by atoms with van der Waals surface area (Å²) in [6, 6.07) is 8.68. The molecule has 1 N–H and O–H groups in total. The molecule has 1 aromatic rings. The molecule has 0 heterocycles. The number of benzene rings is 1. The van der Waals surface area contributed by atoms with Crippen LogP contribution in [-0.4, -0.2) is 42.7 Å². The van der Waals surface area contributed by atoms with Crippen molar-refractivity contribution in [3.05, 3.63) is 35.9 Å². The fraction of sp³-hybridized carbons (Fsp3) is 0.500. The second-order valence-electron chi connectivity index (χ2n) is 5.84. The van der Waals surface area contributed by atoms with Gasteiger partial charge in [-0.25, -0.2) is 5.06 Å². The predicted octanol–water partition coefficient (Wildman–Crippen LogP) is 1.51. The summed E-state index contributed by atoms with van der Waals surface area (Å²) in [6.07, 6.45) is 0.497. The first kappa shape index (κ1) is 18.1. The van der Waals surface area contributed by atoms with Gasteiger partial charge in [-0.05, 0) is 26.3 Å². The summed E-state index contributed by atoms with van der Waals surface area (Å²) in [5.74, 6) is -0.331. The molecule has 0 aromatic heterocycles. The molecule has 122 valence electrons. The minimum atomic E-state index is -0.842. The van der Waals surface area contributed by atoms with Crippen LogP contribution in [0.2, 0.25) is 0 Å². The van der Waals surface area contributed by atoms with E-state index in [4.69, 9.17) is 9.57 Å². The molecule has 0 fully saturated rings. The van der Waals surface area contributed by atoms with Crippen LogP contribution in [-0.2, 0) is 25.7 Å². The summed E-state index contributed by atoms with van der Waals surface area (Å²) in [5, 5.41) is 3.79.